The molecule has 0 fully saturated rings. The third-order valence-electron chi connectivity index (χ3n) is 3.40. The molecule has 1 unspecified atom stereocenters. The Kier molecular flexibility index (Phi) is 4.31. The van der Waals surface area contributed by atoms with Gasteiger partial charge in [-0.15, -0.1) is 0 Å². The van der Waals surface area contributed by atoms with Gasteiger partial charge in [0.05, 0.1) is 7.11 Å². The SMILES string of the molecule is COc1cc(C(O)c2cc(C)c(C)cc2Cl)ccc1F. The number of aryl methyl sites for hydroxylation is 2. The van der Waals surface area contributed by atoms with Crippen LogP contribution in [0.15, 0.2) is 30.3 Å². The first-order chi connectivity index (χ1) is 9.43. The van der Waals surface area contributed by atoms with Gasteiger partial charge in [0.2, 0.25) is 0 Å². The second kappa shape index (κ2) is 5.81. The van der Waals surface area contributed by atoms with Gasteiger partial charge in [-0.3, -0.25) is 0 Å². The first-order valence-corrected chi connectivity index (χ1v) is 6.60. The molecule has 0 spiro atoms. The van der Waals surface area contributed by atoms with Gasteiger partial charge in [0.15, 0.2) is 11.6 Å². The zero-order valence-electron chi connectivity index (χ0n) is 11.6. The smallest absolute Gasteiger partial charge is 0.165 e. The second-order valence-corrected chi connectivity index (χ2v) is 5.16. The number of ether oxygens (including phenoxy) is 1. The summed E-state index contributed by atoms with van der Waals surface area (Å²) < 4.78 is 18.3. The van der Waals surface area contributed by atoms with Gasteiger partial charge in [-0.1, -0.05) is 23.7 Å². The van der Waals surface area contributed by atoms with Crippen LogP contribution in [-0.4, -0.2) is 12.2 Å². The molecule has 106 valence electrons. The van der Waals surface area contributed by atoms with E-state index in [1.165, 1.54) is 25.3 Å². The number of methoxy groups -OCH3 is 1. The fraction of sp³-hybridized carbons (Fsp3) is 0.250. The van der Waals surface area contributed by atoms with Crippen molar-refractivity contribution in [2.75, 3.05) is 7.11 Å². The Balaban J connectivity index is 2.46. The lowest BCUT2D eigenvalue weighted by molar-refractivity contribution is 0.219. The summed E-state index contributed by atoms with van der Waals surface area (Å²) in [5.41, 5.74) is 3.23. The molecule has 0 radical (unpaired) electrons. The lowest BCUT2D eigenvalue weighted by Crippen LogP contribution is -2.03. The highest BCUT2D eigenvalue weighted by atomic mass is 35.5. The van der Waals surface area contributed by atoms with E-state index in [0.717, 1.165) is 11.1 Å². The van der Waals surface area contributed by atoms with Gasteiger partial charge in [-0.05, 0) is 48.7 Å². The number of hydrogen-bond donors (Lipinski definition) is 1. The van der Waals surface area contributed by atoms with Crippen molar-refractivity contribution in [3.05, 3.63) is 63.4 Å². The van der Waals surface area contributed by atoms with Crippen LogP contribution in [0.2, 0.25) is 5.02 Å². The summed E-state index contributed by atoms with van der Waals surface area (Å²) in [6.45, 7) is 3.91. The summed E-state index contributed by atoms with van der Waals surface area (Å²) in [5.74, 6) is -0.365. The Morgan fingerprint density at radius 1 is 1.15 bits per heavy atom. The van der Waals surface area contributed by atoms with Crippen LogP contribution in [0, 0.1) is 19.7 Å². The standard InChI is InChI=1S/C16H16ClFO2/c1-9-6-12(13(17)7-10(9)2)16(19)11-4-5-14(18)15(8-11)20-3/h4-8,16,19H,1-3H3. The van der Waals surface area contributed by atoms with Crippen molar-refractivity contribution in [3.63, 3.8) is 0 Å². The topological polar surface area (TPSA) is 29.5 Å². The van der Waals surface area contributed by atoms with Gasteiger partial charge in [0.1, 0.15) is 6.10 Å². The van der Waals surface area contributed by atoms with Crippen LogP contribution in [0.1, 0.15) is 28.4 Å². The van der Waals surface area contributed by atoms with E-state index in [9.17, 15) is 9.50 Å². The molecule has 2 aromatic carbocycles. The van der Waals surface area contributed by atoms with E-state index >= 15 is 0 Å². The van der Waals surface area contributed by atoms with E-state index in [1.807, 2.05) is 26.0 Å². The number of aliphatic hydroxyl groups is 1. The summed E-state index contributed by atoms with van der Waals surface area (Å²) in [5, 5.41) is 10.9. The van der Waals surface area contributed by atoms with Crippen LogP contribution in [-0.2, 0) is 0 Å². The van der Waals surface area contributed by atoms with Crippen molar-refractivity contribution in [1.82, 2.24) is 0 Å². The van der Waals surface area contributed by atoms with E-state index < -0.39 is 11.9 Å². The lowest BCUT2D eigenvalue weighted by atomic mass is 9.97. The van der Waals surface area contributed by atoms with E-state index in [1.54, 1.807) is 0 Å². The fourth-order valence-corrected chi connectivity index (χ4v) is 2.36. The minimum atomic E-state index is -0.920. The number of aliphatic hydroxyl groups excluding tert-OH is 1. The molecule has 0 amide bonds. The molecule has 0 aliphatic carbocycles. The second-order valence-electron chi connectivity index (χ2n) is 4.75. The largest absolute Gasteiger partial charge is 0.494 e. The molecule has 0 bridgehead atoms. The summed E-state index contributed by atoms with van der Waals surface area (Å²) in [6, 6.07) is 7.93. The fourth-order valence-electron chi connectivity index (χ4n) is 2.04. The molecule has 4 heteroatoms. The van der Waals surface area contributed by atoms with E-state index in [2.05, 4.69) is 0 Å². The minimum absolute atomic E-state index is 0.0986. The molecule has 0 heterocycles. The summed E-state index contributed by atoms with van der Waals surface area (Å²) in [7, 11) is 1.39. The van der Waals surface area contributed by atoms with E-state index in [0.29, 0.717) is 16.1 Å². The highest BCUT2D eigenvalue weighted by molar-refractivity contribution is 6.31. The molecule has 1 N–H and O–H groups in total. The molecular weight excluding hydrogens is 279 g/mol. The van der Waals surface area contributed by atoms with Crippen LogP contribution >= 0.6 is 11.6 Å². The van der Waals surface area contributed by atoms with Crippen LogP contribution in [0.3, 0.4) is 0 Å². The first-order valence-electron chi connectivity index (χ1n) is 6.22. The van der Waals surface area contributed by atoms with Gasteiger partial charge >= 0.3 is 0 Å². The molecule has 0 aliphatic rings. The van der Waals surface area contributed by atoms with Crippen molar-refractivity contribution in [2.24, 2.45) is 0 Å². The lowest BCUT2D eigenvalue weighted by Gasteiger charge is -2.16. The number of rotatable bonds is 3. The van der Waals surface area contributed by atoms with Crippen LogP contribution in [0.4, 0.5) is 4.39 Å². The number of hydrogen-bond acceptors (Lipinski definition) is 2. The molecule has 1 atom stereocenters. The molecular formula is C16H16ClFO2. The Morgan fingerprint density at radius 3 is 2.45 bits per heavy atom. The maximum Gasteiger partial charge on any atom is 0.165 e. The van der Waals surface area contributed by atoms with Crippen molar-refractivity contribution in [3.8, 4) is 5.75 Å². The number of halogens is 2. The van der Waals surface area contributed by atoms with Gasteiger partial charge < -0.3 is 9.84 Å². The quantitative estimate of drug-likeness (QED) is 0.920. The van der Waals surface area contributed by atoms with Crippen LogP contribution in [0.25, 0.3) is 0 Å². The molecule has 0 aromatic heterocycles. The van der Waals surface area contributed by atoms with Crippen LogP contribution in [0.5, 0.6) is 5.75 Å². The summed E-state index contributed by atoms with van der Waals surface area (Å²) in [6.07, 6.45) is -0.920. The highest BCUT2D eigenvalue weighted by Crippen LogP contribution is 2.32. The Hall–Kier alpha value is -1.58. The van der Waals surface area contributed by atoms with Gasteiger partial charge in [0.25, 0.3) is 0 Å². The predicted octanol–water partition coefficient (Wildman–Crippen LogP) is 4.19. The zero-order chi connectivity index (χ0) is 14.9. The Bertz CT molecular complexity index is 641. The summed E-state index contributed by atoms with van der Waals surface area (Å²) in [4.78, 5) is 0. The van der Waals surface area contributed by atoms with Gasteiger partial charge in [0, 0.05) is 10.6 Å². The Morgan fingerprint density at radius 2 is 1.80 bits per heavy atom. The highest BCUT2D eigenvalue weighted by Gasteiger charge is 2.17. The van der Waals surface area contributed by atoms with E-state index in [-0.39, 0.29) is 5.75 Å². The monoisotopic (exact) mass is 294 g/mol. The molecule has 0 saturated heterocycles. The van der Waals surface area contributed by atoms with Crippen LogP contribution < -0.4 is 4.74 Å². The molecule has 2 rings (SSSR count). The summed E-state index contributed by atoms with van der Waals surface area (Å²) >= 11 is 6.19. The predicted molar refractivity (Wildman–Crippen MR) is 77.9 cm³/mol. The van der Waals surface area contributed by atoms with Gasteiger partial charge in [-0.2, -0.15) is 0 Å². The molecule has 0 aliphatic heterocycles. The normalized spacial score (nSPS) is 12.3. The van der Waals surface area contributed by atoms with Crippen molar-refractivity contribution in [2.45, 2.75) is 20.0 Å². The minimum Gasteiger partial charge on any atom is -0.494 e. The molecule has 0 saturated carbocycles. The maximum absolute atomic E-state index is 13.4. The average Bonchev–Trinajstić information content (AvgIpc) is 2.42. The molecule has 2 aromatic rings. The maximum atomic E-state index is 13.4. The number of benzene rings is 2. The average molecular weight is 295 g/mol. The molecule has 2 nitrogen and oxygen atoms in total. The van der Waals surface area contributed by atoms with Gasteiger partial charge in [-0.25, -0.2) is 4.39 Å². The van der Waals surface area contributed by atoms with Crippen molar-refractivity contribution in [1.29, 1.82) is 0 Å². The van der Waals surface area contributed by atoms with E-state index in [4.69, 9.17) is 16.3 Å². The Labute approximate surface area is 122 Å². The van der Waals surface area contributed by atoms with Crippen molar-refractivity contribution < 1.29 is 14.2 Å². The third-order valence-corrected chi connectivity index (χ3v) is 3.73. The third kappa shape index (κ3) is 2.79. The van der Waals surface area contributed by atoms with Crippen molar-refractivity contribution >= 4 is 11.6 Å². The first kappa shape index (κ1) is 14.8. The molecule has 20 heavy (non-hydrogen) atoms. The zero-order valence-corrected chi connectivity index (χ0v) is 12.3.